The topological polar surface area (TPSA) is 0 Å². The smallest absolute Gasteiger partial charge is 1.00 e. The van der Waals surface area contributed by atoms with Crippen LogP contribution in [-0.2, 0) is 26.2 Å². The Kier molecular flexibility index (Phi) is 67.5. The van der Waals surface area contributed by atoms with Crippen LogP contribution in [0.2, 0.25) is 0 Å². The second-order valence-corrected chi connectivity index (χ2v) is 2.67. The zero-order chi connectivity index (χ0) is 10.4. The molecule has 3 heteroatoms. The monoisotopic (exact) mass is 307 g/mol. The zero-order valence-electron chi connectivity index (χ0n) is 10.4. The molecule has 0 aliphatic carbocycles. The number of rotatable bonds is 2. The molecule has 0 aromatic heterocycles. The first-order chi connectivity index (χ1) is 6.33. The van der Waals surface area contributed by atoms with Crippen molar-refractivity contribution in [1.82, 2.24) is 0 Å². The molecule has 0 N–H and O–H groups in total. The first-order valence-corrected chi connectivity index (χ1v) is 5.08. The molecule has 96 valence electrons. The van der Waals surface area contributed by atoms with Crippen molar-refractivity contribution in [3.63, 3.8) is 0 Å². The molecule has 0 nitrogen and oxygen atoms in total. The second-order valence-electron chi connectivity index (χ2n) is 2.67. The maximum Gasteiger partial charge on any atom is 2.00 e. The first-order valence-electron chi connectivity index (χ1n) is 5.08. The van der Waals surface area contributed by atoms with Crippen molar-refractivity contribution in [2.24, 2.45) is 0 Å². The first kappa shape index (κ1) is 29.8. The molecule has 0 aliphatic heterocycles. The Hall–Kier alpha value is 0.0931. The normalized spacial score (nSPS) is 6.25. The van der Waals surface area contributed by atoms with Crippen molar-refractivity contribution in [2.75, 3.05) is 0 Å². The van der Waals surface area contributed by atoms with Gasteiger partial charge in [0.05, 0.1) is 0 Å². The minimum Gasteiger partial charge on any atom is -1.00 e. The van der Waals surface area contributed by atoms with Crippen LogP contribution in [0.25, 0.3) is 0 Å². The average molecular weight is 309 g/mol. The molecule has 0 spiro atoms. The van der Waals surface area contributed by atoms with Crippen LogP contribution in [0.15, 0.2) is 30.3 Å². The summed E-state index contributed by atoms with van der Waals surface area (Å²) in [6.45, 7) is 11.4. The Bertz CT molecular complexity index is 105. The minimum atomic E-state index is 0. The fourth-order valence-electron chi connectivity index (χ4n) is 0.321. The number of hydrogen-bond donors (Lipinski definition) is 0. The van der Waals surface area contributed by atoms with Crippen LogP contribution in [0, 0.1) is 13.8 Å². The molecular weight excluding hydrogens is 285 g/mol. The fraction of sp³-hybridized carbons (Fsp3) is 0.462. The van der Waals surface area contributed by atoms with Gasteiger partial charge in [-0.25, -0.2) is 12.1 Å². The fourth-order valence-corrected chi connectivity index (χ4v) is 0.321. The van der Waals surface area contributed by atoms with Crippen LogP contribution in [0.3, 0.4) is 0 Å². The molecule has 0 radical (unpaired) electrons. The predicted molar refractivity (Wildman–Crippen MR) is 62.6 cm³/mol. The van der Waals surface area contributed by atoms with Crippen LogP contribution in [0.1, 0.15) is 39.5 Å². The van der Waals surface area contributed by atoms with Crippen molar-refractivity contribution in [2.45, 2.75) is 39.5 Å². The third kappa shape index (κ3) is 48.0. The van der Waals surface area contributed by atoms with E-state index in [2.05, 4.69) is 27.7 Å². The van der Waals surface area contributed by atoms with Gasteiger partial charge in [0.2, 0.25) is 0 Å². The SMILES string of the molecule is [CH2-]CCC.[CH2-]CCC.[F-].[F-].[Zr+2].c1cc[cH-]c1. The van der Waals surface area contributed by atoms with Crippen LogP contribution in [0.4, 0.5) is 0 Å². The third-order valence-corrected chi connectivity index (χ3v) is 1.26. The molecule has 0 unspecified atom stereocenters. The van der Waals surface area contributed by atoms with Crippen molar-refractivity contribution < 1.29 is 35.6 Å². The van der Waals surface area contributed by atoms with Gasteiger partial charge in [0.15, 0.2) is 0 Å². The number of hydrogen-bond acceptors (Lipinski definition) is 0. The van der Waals surface area contributed by atoms with Gasteiger partial charge in [-0.15, -0.1) is 0 Å². The van der Waals surface area contributed by atoms with E-state index in [0.29, 0.717) is 0 Å². The largest absolute Gasteiger partial charge is 2.00 e. The Morgan fingerprint density at radius 2 is 1.12 bits per heavy atom. The van der Waals surface area contributed by atoms with E-state index in [-0.39, 0.29) is 35.6 Å². The molecule has 1 rings (SSSR count). The molecule has 1 aromatic carbocycles. The molecule has 0 fully saturated rings. The van der Waals surface area contributed by atoms with Crippen molar-refractivity contribution in [1.29, 1.82) is 0 Å². The van der Waals surface area contributed by atoms with E-state index in [1.807, 2.05) is 30.3 Å². The number of unbranched alkanes of at least 4 members (excludes halogenated alkanes) is 2. The van der Waals surface area contributed by atoms with E-state index in [1.54, 1.807) is 0 Å². The Morgan fingerprint density at radius 3 is 1.19 bits per heavy atom. The van der Waals surface area contributed by atoms with Crippen molar-refractivity contribution in [3.05, 3.63) is 44.2 Å². The van der Waals surface area contributed by atoms with Gasteiger partial charge in [-0.2, -0.15) is 31.0 Å². The summed E-state index contributed by atoms with van der Waals surface area (Å²) in [4.78, 5) is 0. The summed E-state index contributed by atoms with van der Waals surface area (Å²) in [6, 6.07) is 10.0. The predicted octanol–water partition coefficient (Wildman–Crippen LogP) is -1.35. The van der Waals surface area contributed by atoms with E-state index in [9.17, 15) is 0 Å². The molecule has 0 saturated heterocycles. The molecule has 0 saturated carbocycles. The molecule has 0 amide bonds. The minimum absolute atomic E-state index is 0. The van der Waals surface area contributed by atoms with Gasteiger partial charge in [-0.1, -0.05) is 26.7 Å². The average Bonchev–Trinajstić information content (AvgIpc) is 2.76. The summed E-state index contributed by atoms with van der Waals surface area (Å²) in [7, 11) is 0. The van der Waals surface area contributed by atoms with Crippen molar-refractivity contribution >= 4 is 0 Å². The van der Waals surface area contributed by atoms with E-state index < -0.39 is 0 Å². The molecular formula is C13H23F2Zr-3. The standard InChI is InChI=1S/C5H5.2C4H9.2FH.Zr/c1-2-4-5-3-1;2*1-3-4-2;;;/h1-5H;2*1,3-4H2,2H3;2*1H;/q3*-1;;;+2/p-2. The van der Waals surface area contributed by atoms with Crippen LogP contribution in [-0.4, -0.2) is 0 Å². The van der Waals surface area contributed by atoms with E-state index in [4.69, 9.17) is 0 Å². The van der Waals surface area contributed by atoms with E-state index in [1.165, 1.54) is 12.8 Å². The van der Waals surface area contributed by atoms with Gasteiger partial charge < -0.3 is 23.3 Å². The van der Waals surface area contributed by atoms with Gasteiger partial charge in [0.1, 0.15) is 0 Å². The summed E-state index contributed by atoms with van der Waals surface area (Å²) in [5.41, 5.74) is 0. The zero-order valence-corrected chi connectivity index (χ0v) is 12.8. The van der Waals surface area contributed by atoms with Gasteiger partial charge in [-0.05, 0) is 0 Å². The number of halogens is 2. The second kappa shape index (κ2) is 36.3. The molecule has 16 heavy (non-hydrogen) atoms. The molecule has 1 aromatic rings. The van der Waals surface area contributed by atoms with Gasteiger partial charge in [0, 0.05) is 0 Å². The maximum atomic E-state index is 3.60. The van der Waals surface area contributed by atoms with E-state index >= 15 is 0 Å². The van der Waals surface area contributed by atoms with Crippen LogP contribution in [0.5, 0.6) is 0 Å². The molecule has 0 aliphatic rings. The quantitative estimate of drug-likeness (QED) is 0.593. The summed E-state index contributed by atoms with van der Waals surface area (Å²) in [5, 5.41) is 0. The van der Waals surface area contributed by atoms with Gasteiger partial charge in [-0.3, -0.25) is 0 Å². The Morgan fingerprint density at radius 1 is 0.875 bits per heavy atom. The van der Waals surface area contributed by atoms with E-state index in [0.717, 1.165) is 12.8 Å². The Balaban J connectivity index is -0.0000000350. The van der Waals surface area contributed by atoms with Gasteiger partial charge in [0.25, 0.3) is 0 Å². The summed E-state index contributed by atoms with van der Waals surface area (Å²) < 4.78 is 0. The van der Waals surface area contributed by atoms with Crippen molar-refractivity contribution in [3.8, 4) is 0 Å². The summed E-state index contributed by atoms with van der Waals surface area (Å²) in [6.07, 6.45) is 4.56. The summed E-state index contributed by atoms with van der Waals surface area (Å²) >= 11 is 0. The molecule has 0 atom stereocenters. The Labute approximate surface area is 119 Å². The molecule has 0 heterocycles. The summed E-state index contributed by atoms with van der Waals surface area (Å²) in [5.74, 6) is 0. The third-order valence-electron chi connectivity index (χ3n) is 1.26. The maximum absolute atomic E-state index is 3.60. The van der Waals surface area contributed by atoms with Crippen LogP contribution >= 0.6 is 0 Å². The molecule has 0 bridgehead atoms. The van der Waals surface area contributed by atoms with Crippen LogP contribution < -0.4 is 9.41 Å². The van der Waals surface area contributed by atoms with Gasteiger partial charge >= 0.3 is 26.2 Å².